The molecule has 11 heteroatoms. The number of hydrogen-bond donors (Lipinski definition) is 0. The summed E-state index contributed by atoms with van der Waals surface area (Å²) in [5.74, 6) is 2.51. The molecule has 1 aromatic heterocycles. The molecular formula is C25H29N7O4. The van der Waals surface area contributed by atoms with Crippen LogP contribution in [0.2, 0.25) is 0 Å². The number of rotatable bonds is 4. The summed E-state index contributed by atoms with van der Waals surface area (Å²) in [7, 11) is 5.75. The van der Waals surface area contributed by atoms with E-state index < -0.39 is 0 Å². The Morgan fingerprint density at radius 2 is 1.89 bits per heavy atom. The van der Waals surface area contributed by atoms with Crippen LogP contribution in [-0.4, -0.2) is 102 Å². The molecule has 3 aliphatic rings. The second kappa shape index (κ2) is 9.07. The number of carbonyl (C=O) groups is 1. The molecule has 1 saturated heterocycles. The number of para-hydroxylation sites is 1. The quantitative estimate of drug-likeness (QED) is 0.536. The van der Waals surface area contributed by atoms with Gasteiger partial charge in [0.15, 0.2) is 17.3 Å². The van der Waals surface area contributed by atoms with E-state index in [9.17, 15) is 4.79 Å². The van der Waals surface area contributed by atoms with Gasteiger partial charge in [0.1, 0.15) is 6.04 Å². The van der Waals surface area contributed by atoms with Gasteiger partial charge >= 0.3 is 0 Å². The maximum atomic E-state index is 13.6. The zero-order valence-electron chi connectivity index (χ0n) is 20.7. The molecule has 11 nitrogen and oxygen atoms in total. The largest absolute Gasteiger partial charge is 0.492 e. The highest BCUT2D eigenvalue weighted by atomic mass is 16.7. The van der Waals surface area contributed by atoms with Crippen molar-refractivity contribution in [3.63, 3.8) is 0 Å². The van der Waals surface area contributed by atoms with Crippen molar-refractivity contribution in [2.75, 3.05) is 60.7 Å². The first kappa shape index (κ1) is 22.7. The molecule has 6 rings (SSSR count). The molecule has 0 radical (unpaired) electrons. The molecule has 0 saturated carbocycles. The molecule has 188 valence electrons. The maximum absolute atomic E-state index is 13.6. The average Bonchev–Trinajstić information content (AvgIpc) is 3.57. The fraction of sp³-hybridized carbons (Fsp3) is 0.440. The van der Waals surface area contributed by atoms with Crippen LogP contribution in [0.25, 0.3) is 5.69 Å². The van der Waals surface area contributed by atoms with Gasteiger partial charge < -0.3 is 24.0 Å². The van der Waals surface area contributed by atoms with Crippen molar-refractivity contribution in [3.8, 4) is 22.9 Å². The minimum atomic E-state index is -0.306. The van der Waals surface area contributed by atoms with Gasteiger partial charge in [0.05, 0.1) is 18.4 Å². The van der Waals surface area contributed by atoms with Crippen LogP contribution in [0.1, 0.15) is 33.4 Å². The third kappa shape index (κ3) is 3.66. The van der Waals surface area contributed by atoms with Crippen molar-refractivity contribution < 1.29 is 19.0 Å². The first-order valence-corrected chi connectivity index (χ1v) is 12.1. The minimum Gasteiger partial charge on any atom is -0.492 e. The normalized spacial score (nSPS) is 19.9. The number of amides is 1. The number of aromatic nitrogens is 4. The number of ether oxygens (including phenoxy) is 3. The van der Waals surface area contributed by atoms with Gasteiger partial charge in [-0.3, -0.25) is 9.69 Å². The maximum Gasteiger partial charge on any atom is 0.256 e. The Bertz CT molecular complexity index is 1300. The zero-order valence-corrected chi connectivity index (χ0v) is 20.7. The van der Waals surface area contributed by atoms with E-state index >= 15 is 0 Å². The molecule has 1 amide bonds. The van der Waals surface area contributed by atoms with E-state index in [4.69, 9.17) is 14.2 Å². The molecule has 3 aromatic rings. The molecule has 2 aromatic carbocycles. The van der Waals surface area contributed by atoms with E-state index in [-0.39, 0.29) is 18.7 Å². The number of methoxy groups -OCH3 is 1. The highest BCUT2D eigenvalue weighted by Crippen LogP contribution is 2.50. The second-order valence-electron chi connectivity index (χ2n) is 9.41. The number of carbonyl (C=O) groups excluding carboxylic acids is 1. The van der Waals surface area contributed by atoms with Crippen molar-refractivity contribution in [3.05, 3.63) is 52.8 Å². The molecule has 0 N–H and O–H groups in total. The number of benzene rings is 2. The first-order chi connectivity index (χ1) is 17.6. The predicted octanol–water partition coefficient (Wildman–Crippen LogP) is 1.36. The van der Waals surface area contributed by atoms with Gasteiger partial charge in [-0.1, -0.05) is 12.1 Å². The lowest BCUT2D eigenvalue weighted by molar-refractivity contribution is 0.0664. The van der Waals surface area contributed by atoms with Gasteiger partial charge in [0, 0.05) is 38.3 Å². The fourth-order valence-electron chi connectivity index (χ4n) is 5.31. The lowest BCUT2D eigenvalue weighted by atomic mass is 9.90. The highest BCUT2D eigenvalue weighted by molar-refractivity contribution is 5.97. The SMILES string of the molecule is COc1c2c(cc3c1[C@@H](c1nnnn1-c1ccccc1C(=O)N1CCN(C)CC1)N(C)CC3)OCO2. The van der Waals surface area contributed by atoms with Crippen LogP contribution in [0.15, 0.2) is 30.3 Å². The number of fused-ring (bicyclic) bond motifs is 2. The highest BCUT2D eigenvalue weighted by Gasteiger charge is 2.38. The fourth-order valence-corrected chi connectivity index (χ4v) is 5.31. The van der Waals surface area contributed by atoms with Crippen LogP contribution in [0.5, 0.6) is 17.2 Å². The molecule has 0 aliphatic carbocycles. The van der Waals surface area contributed by atoms with Crippen molar-refractivity contribution >= 4 is 5.91 Å². The first-order valence-electron chi connectivity index (χ1n) is 12.1. The Labute approximate surface area is 209 Å². The van der Waals surface area contributed by atoms with Gasteiger partial charge in [-0.15, -0.1) is 5.10 Å². The third-order valence-corrected chi connectivity index (χ3v) is 7.29. The smallest absolute Gasteiger partial charge is 0.256 e. The monoisotopic (exact) mass is 491 g/mol. The molecule has 36 heavy (non-hydrogen) atoms. The summed E-state index contributed by atoms with van der Waals surface area (Å²) in [6, 6.07) is 9.24. The average molecular weight is 492 g/mol. The van der Waals surface area contributed by atoms with E-state index in [2.05, 4.69) is 32.4 Å². The van der Waals surface area contributed by atoms with E-state index in [0.717, 1.165) is 37.2 Å². The Morgan fingerprint density at radius 1 is 1.08 bits per heavy atom. The number of hydrogen-bond acceptors (Lipinski definition) is 9. The minimum absolute atomic E-state index is 0.0153. The molecular weight excluding hydrogens is 462 g/mol. The van der Waals surface area contributed by atoms with E-state index in [1.54, 1.807) is 11.8 Å². The lowest BCUT2D eigenvalue weighted by Gasteiger charge is -2.35. The van der Waals surface area contributed by atoms with Gasteiger partial charge in [-0.25, -0.2) is 0 Å². The van der Waals surface area contributed by atoms with Crippen LogP contribution in [0.4, 0.5) is 0 Å². The summed E-state index contributed by atoms with van der Waals surface area (Å²) in [5.41, 5.74) is 3.29. The Hall–Kier alpha value is -3.70. The summed E-state index contributed by atoms with van der Waals surface area (Å²) < 4.78 is 18.9. The number of nitrogens with zero attached hydrogens (tertiary/aromatic N) is 7. The van der Waals surface area contributed by atoms with Crippen molar-refractivity contribution in [1.29, 1.82) is 0 Å². The van der Waals surface area contributed by atoms with E-state index in [0.29, 0.717) is 47.4 Å². The number of likely N-dealkylation sites (N-methyl/N-ethyl adjacent to an activating group) is 2. The Balaban J connectivity index is 1.44. The summed E-state index contributed by atoms with van der Waals surface area (Å²) in [5, 5.41) is 12.8. The standard InChI is InChI=1S/C25H29N7O4/c1-29-10-12-31(13-11-29)25(33)17-6-4-5-7-18(17)32-24(26-27-28-32)21-20-16(8-9-30(21)2)14-19-22(23(20)34-3)36-15-35-19/h4-7,14,21H,8-13,15H2,1-3H3/t21-/m0/s1. The molecule has 4 heterocycles. The summed E-state index contributed by atoms with van der Waals surface area (Å²) in [6.07, 6.45) is 0.829. The number of piperazine rings is 1. The van der Waals surface area contributed by atoms with Crippen LogP contribution < -0.4 is 14.2 Å². The molecule has 0 unspecified atom stereocenters. The molecule has 1 fully saturated rings. The van der Waals surface area contributed by atoms with Crippen LogP contribution in [0.3, 0.4) is 0 Å². The van der Waals surface area contributed by atoms with Gasteiger partial charge in [0.2, 0.25) is 12.5 Å². The Morgan fingerprint density at radius 3 is 2.69 bits per heavy atom. The van der Waals surface area contributed by atoms with Gasteiger partial charge in [-0.2, -0.15) is 4.68 Å². The van der Waals surface area contributed by atoms with Gasteiger partial charge in [-0.05, 0) is 54.7 Å². The van der Waals surface area contributed by atoms with Crippen molar-refractivity contribution in [2.24, 2.45) is 0 Å². The topological polar surface area (TPSA) is 98.1 Å². The van der Waals surface area contributed by atoms with Crippen molar-refractivity contribution in [2.45, 2.75) is 12.5 Å². The lowest BCUT2D eigenvalue weighted by Crippen LogP contribution is -2.47. The van der Waals surface area contributed by atoms with Crippen LogP contribution in [-0.2, 0) is 6.42 Å². The van der Waals surface area contributed by atoms with Crippen LogP contribution >= 0.6 is 0 Å². The molecule has 3 aliphatic heterocycles. The summed E-state index contributed by atoms with van der Waals surface area (Å²) >= 11 is 0. The Kier molecular flexibility index (Phi) is 5.73. The molecule has 0 bridgehead atoms. The predicted molar refractivity (Wildman–Crippen MR) is 130 cm³/mol. The number of tetrazole rings is 1. The van der Waals surface area contributed by atoms with E-state index in [1.807, 2.05) is 42.3 Å². The van der Waals surface area contributed by atoms with Gasteiger partial charge in [0.25, 0.3) is 5.91 Å². The van der Waals surface area contributed by atoms with Crippen LogP contribution in [0, 0.1) is 0 Å². The van der Waals surface area contributed by atoms with E-state index in [1.165, 1.54) is 0 Å². The molecule has 0 spiro atoms. The van der Waals surface area contributed by atoms with Crippen molar-refractivity contribution in [1.82, 2.24) is 34.9 Å². The zero-order chi connectivity index (χ0) is 24.8. The second-order valence-corrected chi connectivity index (χ2v) is 9.41. The molecule has 1 atom stereocenters. The third-order valence-electron chi connectivity index (χ3n) is 7.29. The summed E-state index contributed by atoms with van der Waals surface area (Å²) in [6.45, 7) is 4.04. The summed E-state index contributed by atoms with van der Waals surface area (Å²) in [4.78, 5) is 19.9.